The Balaban J connectivity index is 1.28. The minimum Gasteiger partial charge on any atom is -0.454 e. The number of benzene rings is 2. The Morgan fingerprint density at radius 1 is 1.00 bits per heavy atom. The topological polar surface area (TPSA) is 107 Å². The molecule has 3 aromatic rings. The van der Waals surface area contributed by atoms with E-state index in [0.717, 1.165) is 11.1 Å². The molecular weight excluding hydrogens is 362 g/mol. The van der Waals surface area contributed by atoms with Crippen LogP contribution in [0, 0.1) is 0 Å². The third-order valence-corrected chi connectivity index (χ3v) is 4.12. The van der Waals surface area contributed by atoms with Crippen LogP contribution in [0.1, 0.15) is 11.1 Å². The summed E-state index contributed by atoms with van der Waals surface area (Å²) < 4.78 is 12.2. The van der Waals surface area contributed by atoms with Crippen LogP contribution in [0.15, 0.2) is 55.1 Å². The Morgan fingerprint density at radius 2 is 1.79 bits per heavy atom. The van der Waals surface area contributed by atoms with Gasteiger partial charge in [0.15, 0.2) is 11.5 Å². The smallest absolute Gasteiger partial charge is 0.313 e. The molecule has 28 heavy (non-hydrogen) atoms. The maximum Gasteiger partial charge on any atom is 0.313 e. The van der Waals surface area contributed by atoms with Crippen molar-refractivity contribution in [1.82, 2.24) is 20.1 Å². The fourth-order valence-electron chi connectivity index (χ4n) is 2.70. The highest BCUT2D eigenvalue weighted by molar-refractivity contribution is 6.39. The molecule has 0 unspecified atom stereocenters. The predicted molar refractivity (Wildman–Crippen MR) is 98.6 cm³/mol. The normalized spacial score (nSPS) is 11.9. The zero-order chi connectivity index (χ0) is 19.3. The molecule has 0 aliphatic carbocycles. The SMILES string of the molecule is O=C(NCc1ccc2c(c1)OCO2)C(=O)Nc1ccc(Cn2cncn2)cc1. The third kappa shape index (κ3) is 4.09. The van der Waals surface area contributed by atoms with Crippen LogP contribution >= 0.6 is 0 Å². The summed E-state index contributed by atoms with van der Waals surface area (Å²) in [5.74, 6) is -0.156. The van der Waals surface area contributed by atoms with E-state index in [9.17, 15) is 9.59 Å². The summed E-state index contributed by atoms with van der Waals surface area (Å²) >= 11 is 0. The van der Waals surface area contributed by atoms with Crippen LogP contribution in [0.3, 0.4) is 0 Å². The lowest BCUT2D eigenvalue weighted by Gasteiger charge is -2.08. The molecule has 2 heterocycles. The van der Waals surface area contributed by atoms with Gasteiger partial charge in [0.1, 0.15) is 12.7 Å². The van der Waals surface area contributed by atoms with Gasteiger partial charge in [-0.3, -0.25) is 9.59 Å². The van der Waals surface area contributed by atoms with Crippen molar-refractivity contribution >= 4 is 17.5 Å². The predicted octanol–water partition coefficient (Wildman–Crippen LogP) is 1.31. The van der Waals surface area contributed by atoms with Gasteiger partial charge in [0.05, 0.1) is 6.54 Å². The van der Waals surface area contributed by atoms with Crippen LogP contribution < -0.4 is 20.1 Å². The molecule has 0 fully saturated rings. The summed E-state index contributed by atoms with van der Waals surface area (Å²) in [6.45, 7) is 0.967. The number of ether oxygens (including phenoxy) is 2. The summed E-state index contributed by atoms with van der Waals surface area (Å²) in [7, 11) is 0. The second-order valence-electron chi connectivity index (χ2n) is 6.11. The van der Waals surface area contributed by atoms with Gasteiger partial charge in [0.2, 0.25) is 6.79 Å². The number of aromatic nitrogens is 3. The zero-order valence-corrected chi connectivity index (χ0v) is 14.8. The molecule has 1 aliphatic heterocycles. The third-order valence-electron chi connectivity index (χ3n) is 4.12. The van der Waals surface area contributed by atoms with E-state index in [0.29, 0.717) is 23.7 Å². The number of nitrogens with zero attached hydrogens (tertiary/aromatic N) is 3. The number of hydrogen-bond acceptors (Lipinski definition) is 6. The van der Waals surface area contributed by atoms with E-state index in [1.165, 1.54) is 6.33 Å². The molecule has 0 spiro atoms. The van der Waals surface area contributed by atoms with Gasteiger partial charge >= 0.3 is 11.8 Å². The molecule has 0 saturated heterocycles. The second-order valence-corrected chi connectivity index (χ2v) is 6.11. The van der Waals surface area contributed by atoms with Crippen LogP contribution in [0.2, 0.25) is 0 Å². The molecule has 142 valence electrons. The van der Waals surface area contributed by atoms with Crippen molar-refractivity contribution in [3.63, 3.8) is 0 Å². The summed E-state index contributed by atoms with van der Waals surface area (Å²) in [6.07, 6.45) is 3.09. The summed E-state index contributed by atoms with van der Waals surface area (Å²) in [4.78, 5) is 28.0. The van der Waals surface area contributed by atoms with Gasteiger partial charge in [-0.2, -0.15) is 5.10 Å². The fourth-order valence-corrected chi connectivity index (χ4v) is 2.70. The van der Waals surface area contributed by atoms with Gasteiger partial charge in [0.25, 0.3) is 0 Å². The standard InChI is InChI=1S/C19H17N5O4/c25-18(21-8-14-3-6-16-17(7-14)28-12-27-16)19(26)23-15-4-1-13(2-5-15)9-24-11-20-10-22-24/h1-7,10-11H,8-9,12H2,(H,21,25)(H,23,26). The van der Waals surface area contributed by atoms with Gasteiger partial charge in [0, 0.05) is 12.2 Å². The number of carbonyl (C=O) groups excluding carboxylic acids is 2. The Hall–Kier alpha value is -3.88. The lowest BCUT2D eigenvalue weighted by atomic mass is 10.2. The molecule has 2 N–H and O–H groups in total. The van der Waals surface area contributed by atoms with Crippen molar-refractivity contribution in [3.8, 4) is 11.5 Å². The number of amides is 2. The Kier molecular flexibility index (Phi) is 4.87. The molecule has 9 heteroatoms. The summed E-state index contributed by atoms with van der Waals surface area (Å²) in [6, 6.07) is 12.5. The average molecular weight is 379 g/mol. The van der Waals surface area contributed by atoms with E-state index in [1.54, 1.807) is 41.3 Å². The van der Waals surface area contributed by atoms with Gasteiger partial charge < -0.3 is 20.1 Å². The van der Waals surface area contributed by atoms with Gasteiger partial charge in [-0.15, -0.1) is 0 Å². The minimum atomic E-state index is -0.732. The van der Waals surface area contributed by atoms with E-state index in [1.807, 2.05) is 12.1 Å². The summed E-state index contributed by atoms with van der Waals surface area (Å²) in [5.41, 5.74) is 2.34. The van der Waals surface area contributed by atoms with Crippen LogP contribution in [0.25, 0.3) is 0 Å². The number of rotatable bonds is 5. The molecule has 2 amide bonds. The molecule has 2 aromatic carbocycles. The van der Waals surface area contributed by atoms with E-state index < -0.39 is 11.8 Å². The molecule has 1 aromatic heterocycles. The maximum absolute atomic E-state index is 12.1. The van der Waals surface area contributed by atoms with E-state index in [4.69, 9.17) is 9.47 Å². The minimum absolute atomic E-state index is 0.186. The maximum atomic E-state index is 12.1. The number of hydrogen-bond donors (Lipinski definition) is 2. The van der Waals surface area contributed by atoms with Crippen LogP contribution in [-0.2, 0) is 22.7 Å². The highest BCUT2D eigenvalue weighted by Crippen LogP contribution is 2.32. The Labute approximate surface area is 160 Å². The molecular formula is C19H17N5O4. The molecule has 0 saturated carbocycles. The fraction of sp³-hybridized carbons (Fsp3) is 0.158. The van der Waals surface area contributed by atoms with Crippen LogP contribution in [0.5, 0.6) is 11.5 Å². The number of nitrogens with one attached hydrogen (secondary N) is 2. The average Bonchev–Trinajstić information content (AvgIpc) is 3.38. The van der Waals surface area contributed by atoms with Gasteiger partial charge in [-0.05, 0) is 35.4 Å². The number of carbonyl (C=O) groups is 2. The first-order valence-electron chi connectivity index (χ1n) is 8.56. The molecule has 4 rings (SSSR count). The first-order valence-corrected chi connectivity index (χ1v) is 8.56. The largest absolute Gasteiger partial charge is 0.454 e. The number of fused-ring (bicyclic) bond motifs is 1. The monoisotopic (exact) mass is 379 g/mol. The summed E-state index contributed by atoms with van der Waals surface area (Å²) in [5, 5.41) is 9.20. The van der Waals surface area contributed by atoms with Crippen molar-refractivity contribution in [3.05, 3.63) is 66.2 Å². The Bertz CT molecular complexity index is 986. The van der Waals surface area contributed by atoms with Crippen molar-refractivity contribution in [2.45, 2.75) is 13.1 Å². The molecule has 0 bridgehead atoms. The lowest BCUT2D eigenvalue weighted by Crippen LogP contribution is -2.34. The first kappa shape index (κ1) is 17.5. The molecule has 1 aliphatic rings. The lowest BCUT2D eigenvalue weighted by molar-refractivity contribution is -0.136. The van der Waals surface area contributed by atoms with Crippen molar-refractivity contribution < 1.29 is 19.1 Å². The first-order chi connectivity index (χ1) is 13.7. The van der Waals surface area contributed by atoms with E-state index in [-0.39, 0.29) is 13.3 Å². The van der Waals surface area contributed by atoms with Gasteiger partial charge in [-0.25, -0.2) is 9.67 Å². The molecule has 9 nitrogen and oxygen atoms in total. The zero-order valence-electron chi connectivity index (χ0n) is 14.8. The highest BCUT2D eigenvalue weighted by Gasteiger charge is 2.16. The molecule has 0 atom stereocenters. The van der Waals surface area contributed by atoms with Crippen LogP contribution in [0.4, 0.5) is 5.69 Å². The second kappa shape index (κ2) is 7.78. The Morgan fingerprint density at radius 3 is 2.57 bits per heavy atom. The van der Waals surface area contributed by atoms with Crippen molar-refractivity contribution in [2.24, 2.45) is 0 Å². The molecule has 0 radical (unpaired) electrons. The quantitative estimate of drug-likeness (QED) is 0.647. The van der Waals surface area contributed by atoms with E-state index in [2.05, 4.69) is 20.7 Å². The highest BCUT2D eigenvalue weighted by atomic mass is 16.7. The van der Waals surface area contributed by atoms with Gasteiger partial charge in [-0.1, -0.05) is 18.2 Å². The number of anilines is 1. The van der Waals surface area contributed by atoms with Crippen molar-refractivity contribution in [2.75, 3.05) is 12.1 Å². The van der Waals surface area contributed by atoms with Crippen molar-refractivity contribution in [1.29, 1.82) is 0 Å². The van der Waals surface area contributed by atoms with Crippen LogP contribution in [-0.4, -0.2) is 33.4 Å². The van der Waals surface area contributed by atoms with E-state index >= 15 is 0 Å².